The standard InChI is InChI=1S/C25H27Cl2N3O5.C16H21ClN2O4.C9H10ClNO3/c1-13(2)32-23-20(27)10-15(12-28-23)22-29-21(30-35-22)18-7-6-16(11-19(18)26)33-17-8-14(9-17)24(31)34-25(3,4)5;1-16(2,3)23-15(20)9-6-11(7-9)22-10-4-5-12(13(17)8-10)14(18)19-21;1-5(2)14-8-7(10)3-6(4-11-8)9(12)13/h6-7,10-14,17H,8-9H2,1-5H3;4-5,8-9,11,21H,6-7H2,1-3H3,(H2,18,19);3-5H,1-2H3,(H,12,13). The molecule has 2 aliphatic carbocycles. The number of carbonyl (C=O) groups excluding carboxylic acids is 2. The van der Waals surface area contributed by atoms with E-state index in [0.717, 1.165) is 0 Å². The van der Waals surface area contributed by atoms with Crippen molar-refractivity contribution in [3.8, 4) is 46.1 Å². The van der Waals surface area contributed by atoms with Gasteiger partial charge in [-0.05, 0) is 143 Å². The molecule has 0 atom stereocenters. The quantitative estimate of drug-likeness (QED) is 0.0307. The van der Waals surface area contributed by atoms with E-state index in [4.69, 9.17) is 95.4 Å². The van der Waals surface area contributed by atoms with E-state index in [-0.39, 0.29) is 76.4 Å². The van der Waals surface area contributed by atoms with Gasteiger partial charge in [-0.25, -0.2) is 14.8 Å². The molecule has 2 aliphatic rings. The first kappa shape index (κ1) is 56.8. The van der Waals surface area contributed by atoms with Crippen LogP contribution in [-0.4, -0.2) is 89.8 Å². The fraction of sp³-hybridized carbons (Fsp3) is 0.440. The summed E-state index contributed by atoms with van der Waals surface area (Å²) in [6, 6.07) is 13.1. The van der Waals surface area contributed by atoms with Crippen LogP contribution in [0.2, 0.25) is 20.1 Å². The number of carbonyl (C=O) groups is 3. The lowest BCUT2D eigenvalue weighted by atomic mass is 9.82. The number of hydrogen-bond acceptors (Lipinski definition) is 16. The van der Waals surface area contributed by atoms with Crippen molar-refractivity contribution in [1.29, 1.82) is 0 Å². The number of benzene rings is 2. The number of rotatable bonds is 14. The number of aromatic nitrogens is 4. The van der Waals surface area contributed by atoms with Crippen LogP contribution in [0, 0.1) is 11.8 Å². The Hall–Kier alpha value is -6.08. The van der Waals surface area contributed by atoms with Crippen molar-refractivity contribution in [2.45, 2.75) is 131 Å². The van der Waals surface area contributed by atoms with Crippen molar-refractivity contribution in [2.24, 2.45) is 22.7 Å². The van der Waals surface area contributed by atoms with Crippen LogP contribution in [0.15, 0.2) is 70.6 Å². The van der Waals surface area contributed by atoms with Crippen molar-refractivity contribution < 1.29 is 57.6 Å². The van der Waals surface area contributed by atoms with Gasteiger partial charge in [-0.1, -0.05) is 56.7 Å². The Kier molecular flexibility index (Phi) is 19.4. The topological polar surface area (TPSA) is 250 Å². The summed E-state index contributed by atoms with van der Waals surface area (Å²) < 4.78 is 38.7. The highest BCUT2D eigenvalue weighted by molar-refractivity contribution is 6.34. The molecule has 3 aromatic heterocycles. The van der Waals surface area contributed by atoms with Gasteiger partial charge in [0.1, 0.15) is 45.0 Å². The van der Waals surface area contributed by atoms with Crippen molar-refractivity contribution >= 4 is 70.1 Å². The van der Waals surface area contributed by atoms with Crippen molar-refractivity contribution in [3.05, 3.63) is 92.1 Å². The molecule has 2 fully saturated rings. The van der Waals surface area contributed by atoms with E-state index in [9.17, 15) is 14.4 Å². The number of esters is 2. The van der Waals surface area contributed by atoms with E-state index in [1.807, 2.05) is 69.2 Å². The van der Waals surface area contributed by atoms with Crippen LogP contribution in [0.4, 0.5) is 0 Å². The van der Waals surface area contributed by atoms with E-state index in [2.05, 4.69) is 25.3 Å². The highest BCUT2D eigenvalue weighted by Gasteiger charge is 2.40. The Balaban J connectivity index is 0.000000223. The van der Waals surface area contributed by atoms with E-state index in [1.54, 1.807) is 48.7 Å². The molecule has 5 aromatic rings. The lowest BCUT2D eigenvalue weighted by molar-refractivity contribution is -0.167. The van der Waals surface area contributed by atoms with Gasteiger partial charge >= 0.3 is 17.9 Å². The molecule has 7 rings (SSSR count). The number of nitrogens with two attached hydrogens (primary N) is 1. The number of hydrogen-bond donors (Lipinski definition) is 3. The molecule has 4 N–H and O–H groups in total. The third-order valence-corrected chi connectivity index (χ3v) is 11.2. The monoisotopic (exact) mass is 1070 g/mol. The van der Waals surface area contributed by atoms with Gasteiger partial charge in [-0.2, -0.15) is 4.98 Å². The molecule has 0 aliphatic heterocycles. The summed E-state index contributed by atoms with van der Waals surface area (Å²) in [5, 5.41) is 25.6. The number of ether oxygens (including phenoxy) is 6. The van der Waals surface area contributed by atoms with Crippen LogP contribution < -0.4 is 24.7 Å². The van der Waals surface area contributed by atoms with Gasteiger partial charge in [0.25, 0.3) is 5.89 Å². The maximum absolute atomic E-state index is 12.1. The normalized spacial score (nSPS) is 17.5. The number of aromatic carboxylic acids is 1. The highest BCUT2D eigenvalue weighted by atomic mass is 35.5. The van der Waals surface area contributed by atoms with Gasteiger partial charge in [0.05, 0.1) is 45.2 Å². The summed E-state index contributed by atoms with van der Waals surface area (Å²) in [6.45, 7) is 18.6. The molecule has 18 nitrogen and oxygen atoms in total. The maximum Gasteiger partial charge on any atom is 0.337 e. The van der Waals surface area contributed by atoms with Gasteiger partial charge < -0.3 is 49.0 Å². The largest absolute Gasteiger partial charge is 0.490 e. The number of halogens is 4. The zero-order valence-electron chi connectivity index (χ0n) is 41.4. The SMILES string of the molecule is CC(C)(C)OC(=O)C1CC(Oc2ccc(/C(N)=N/O)c(Cl)c2)C1.CC(C)Oc1ncc(-c2nc(-c3ccc(OC4CC(C(=O)OC(C)(C)C)C4)cc3Cl)no2)cc1Cl.CC(C)Oc1ncc(C(=O)O)cc1Cl. The molecule has 0 saturated heterocycles. The van der Waals surface area contributed by atoms with Gasteiger partial charge in [-0.3, -0.25) is 9.59 Å². The molecular formula is C50H58Cl4N6O12. The zero-order valence-corrected chi connectivity index (χ0v) is 44.4. The Morgan fingerprint density at radius 1 is 0.708 bits per heavy atom. The van der Waals surface area contributed by atoms with Gasteiger partial charge in [0.15, 0.2) is 5.84 Å². The minimum absolute atomic E-state index is 0.0432. The lowest BCUT2D eigenvalue weighted by Gasteiger charge is -2.35. The van der Waals surface area contributed by atoms with Gasteiger partial charge in [0, 0.05) is 23.5 Å². The van der Waals surface area contributed by atoms with Gasteiger partial charge in [-0.15, -0.1) is 0 Å². The molecule has 72 heavy (non-hydrogen) atoms. The van der Waals surface area contributed by atoms with Crippen LogP contribution in [0.5, 0.6) is 23.3 Å². The first-order valence-electron chi connectivity index (χ1n) is 22.8. The number of nitrogens with zero attached hydrogens (tertiary/aromatic N) is 5. The van der Waals surface area contributed by atoms with Crippen LogP contribution >= 0.6 is 46.4 Å². The molecule has 3 heterocycles. The lowest BCUT2D eigenvalue weighted by Crippen LogP contribution is -2.41. The number of carboxylic acids is 1. The smallest absolute Gasteiger partial charge is 0.337 e. The second-order valence-electron chi connectivity index (χ2n) is 19.2. The summed E-state index contributed by atoms with van der Waals surface area (Å²) in [6.07, 6.45) is 5.03. The first-order chi connectivity index (χ1) is 33.7. The predicted molar refractivity (Wildman–Crippen MR) is 271 cm³/mol. The Labute approximate surface area is 437 Å². The molecular weight excluding hydrogens is 1020 g/mol. The first-order valence-corrected chi connectivity index (χ1v) is 24.3. The average Bonchev–Trinajstić information content (AvgIpc) is 3.73. The van der Waals surface area contributed by atoms with Crippen LogP contribution in [0.25, 0.3) is 22.8 Å². The summed E-state index contributed by atoms with van der Waals surface area (Å²) in [5.74, 6) is 0.615. The minimum atomic E-state index is -1.06. The van der Waals surface area contributed by atoms with Crippen molar-refractivity contribution in [1.82, 2.24) is 20.1 Å². The molecule has 0 radical (unpaired) electrons. The average molecular weight is 1080 g/mol. The molecule has 388 valence electrons. The van der Waals surface area contributed by atoms with Crippen LogP contribution in [0.1, 0.15) is 111 Å². The van der Waals surface area contributed by atoms with Crippen LogP contribution in [-0.2, 0) is 19.1 Å². The van der Waals surface area contributed by atoms with E-state index in [0.29, 0.717) is 80.6 Å². The zero-order chi connectivity index (χ0) is 53.2. The molecule has 0 spiro atoms. The van der Waals surface area contributed by atoms with Gasteiger partial charge in [0.2, 0.25) is 17.6 Å². The predicted octanol–water partition coefficient (Wildman–Crippen LogP) is 11.5. The summed E-state index contributed by atoms with van der Waals surface area (Å²) >= 11 is 24.6. The molecule has 2 aromatic carbocycles. The Bertz CT molecular complexity index is 2730. The number of amidine groups is 1. The third-order valence-electron chi connectivity index (χ3n) is 10.0. The van der Waals surface area contributed by atoms with Crippen molar-refractivity contribution in [2.75, 3.05) is 0 Å². The number of oxime groups is 1. The minimum Gasteiger partial charge on any atom is -0.490 e. The maximum atomic E-state index is 12.1. The van der Waals surface area contributed by atoms with Crippen molar-refractivity contribution in [3.63, 3.8) is 0 Å². The number of pyridine rings is 2. The molecule has 0 bridgehead atoms. The molecule has 22 heteroatoms. The number of carboxylic acid groups (broad SMARTS) is 1. The Morgan fingerprint density at radius 2 is 1.19 bits per heavy atom. The fourth-order valence-corrected chi connectivity index (χ4v) is 7.54. The summed E-state index contributed by atoms with van der Waals surface area (Å²) in [5.41, 5.74) is 6.18. The fourth-order valence-electron chi connectivity index (χ4n) is 6.60. The van der Waals surface area contributed by atoms with E-state index >= 15 is 0 Å². The molecule has 0 amide bonds. The summed E-state index contributed by atoms with van der Waals surface area (Å²) in [7, 11) is 0. The second-order valence-corrected chi connectivity index (χ2v) is 20.9. The molecule has 0 unspecified atom stereocenters. The summed E-state index contributed by atoms with van der Waals surface area (Å²) in [4.78, 5) is 47.0. The van der Waals surface area contributed by atoms with E-state index < -0.39 is 17.2 Å². The molecule has 2 saturated carbocycles. The highest BCUT2D eigenvalue weighted by Crippen LogP contribution is 2.38. The van der Waals surface area contributed by atoms with Crippen LogP contribution in [0.3, 0.4) is 0 Å². The second kappa shape index (κ2) is 24.6. The van der Waals surface area contributed by atoms with E-state index in [1.165, 1.54) is 12.3 Å². The Morgan fingerprint density at radius 3 is 1.62 bits per heavy atom. The third kappa shape index (κ3) is 16.7.